The number of halogens is 1. The molecular weight excluding hydrogens is 226 g/mol. The second-order valence-corrected chi connectivity index (χ2v) is 3.94. The lowest BCUT2D eigenvalue weighted by Crippen LogP contribution is -2.26. The third kappa shape index (κ3) is 3.67. The minimum atomic E-state index is -0.595. The molecule has 92 valence electrons. The zero-order chi connectivity index (χ0) is 11.4. The molecule has 0 bridgehead atoms. The molecule has 4 N–H and O–H groups in total. The second kappa shape index (κ2) is 6.74. The van der Waals surface area contributed by atoms with Crippen molar-refractivity contribution < 1.29 is 10.2 Å². The first kappa shape index (κ1) is 15.2. The molecule has 0 aliphatic carbocycles. The Labute approximate surface area is 103 Å². The van der Waals surface area contributed by atoms with Crippen LogP contribution in [0.15, 0.2) is 18.2 Å². The van der Waals surface area contributed by atoms with Gasteiger partial charge in [0.15, 0.2) is 0 Å². The summed E-state index contributed by atoms with van der Waals surface area (Å²) in [6.45, 7) is 3.92. The molecular formula is C12H20ClNO2. The van der Waals surface area contributed by atoms with Crippen molar-refractivity contribution in [1.29, 1.82) is 0 Å². The highest BCUT2D eigenvalue weighted by Crippen LogP contribution is 2.27. The summed E-state index contributed by atoms with van der Waals surface area (Å²) in [5, 5.41) is 19.4. The molecule has 0 unspecified atom stereocenters. The second-order valence-electron chi connectivity index (χ2n) is 3.94. The number of phenolic OH excluding ortho intramolecular Hbond substituents is 1. The Morgan fingerprint density at radius 1 is 1.38 bits per heavy atom. The van der Waals surface area contributed by atoms with Gasteiger partial charge in [-0.05, 0) is 19.4 Å². The van der Waals surface area contributed by atoms with Crippen molar-refractivity contribution in [2.75, 3.05) is 0 Å². The smallest absolute Gasteiger partial charge is 0.120 e. The number of aliphatic hydroxyl groups excluding tert-OH is 1. The van der Waals surface area contributed by atoms with Crippen LogP contribution in [-0.2, 0) is 0 Å². The summed E-state index contributed by atoms with van der Waals surface area (Å²) < 4.78 is 0. The Morgan fingerprint density at radius 2 is 2.00 bits per heavy atom. The lowest BCUT2D eigenvalue weighted by atomic mass is 9.97. The molecule has 0 saturated heterocycles. The molecule has 4 heteroatoms. The molecule has 0 aliphatic rings. The minimum absolute atomic E-state index is 0. The van der Waals surface area contributed by atoms with Crippen LogP contribution in [-0.4, -0.2) is 16.3 Å². The molecule has 0 radical (unpaired) electrons. The van der Waals surface area contributed by atoms with Crippen molar-refractivity contribution in [3.05, 3.63) is 29.3 Å². The van der Waals surface area contributed by atoms with E-state index in [1.807, 2.05) is 26.0 Å². The highest BCUT2D eigenvalue weighted by Gasteiger charge is 2.18. The molecule has 0 aromatic heterocycles. The van der Waals surface area contributed by atoms with Crippen molar-refractivity contribution in [2.45, 2.75) is 38.8 Å². The largest absolute Gasteiger partial charge is 0.508 e. The lowest BCUT2D eigenvalue weighted by molar-refractivity contribution is 0.133. The van der Waals surface area contributed by atoms with E-state index in [9.17, 15) is 10.2 Å². The minimum Gasteiger partial charge on any atom is -0.508 e. The van der Waals surface area contributed by atoms with E-state index < -0.39 is 12.1 Å². The van der Waals surface area contributed by atoms with Gasteiger partial charge in [-0.25, -0.2) is 0 Å². The third-order valence-corrected chi connectivity index (χ3v) is 2.54. The van der Waals surface area contributed by atoms with Gasteiger partial charge >= 0.3 is 0 Å². The summed E-state index contributed by atoms with van der Waals surface area (Å²) in [6, 6.07) is 4.74. The lowest BCUT2D eigenvalue weighted by Gasteiger charge is -2.19. The number of nitrogens with two attached hydrogens (primary N) is 1. The van der Waals surface area contributed by atoms with Gasteiger partial charge in [0, 0.05) is 5.56 Å². The van der Waals surface area contributed by atoms with Gasteiger partial charge in [0.1, 0.15) is 5.75 Å². The molecule has 0 fully saturated rings. The average molecular weight is 246 g/mol. The third-order valence-electron chi connectivity index (χ3n) is 2.54. The van der Waals surface area contributed by atoms with Crippen molar-refractivity contribution in [3.8, 4) is 5.75 Å². The zero-order valence-corrected chi connectivity index (χ0v) is 10.5. The maximum Gasteiger partial charge on any atom is 0.120 e. The number of benzene rings is 1. The monoisotopic (exact) mass is 245 g/mol. The predicted octanol–water partition coefficient (Wildman–Crippen LogP) is 2.28. The number of aryl methyl sites for hydroxylation is 1. The van der Waals surface area contributed by atoms with Gasteiger partial charge in [-0.1, -0.05) is 31.0 Å². The van der Waals surface area contributed by atoms with Crippen LogP contribution in [0.3, 0.4) is 0 Å². The van der Waals surface area contributed by atoms with Crippen LogP contribution in [0.25, 0.3) is 0 Å². The summed E-state index contributed by atoms with van der Waals surface area (Å²) in [5.41, 5.74) is 7.54. The van der Waals surface area contributed by atoms with E-state index in [1.54, 1.807) is 6.07 Å². The number of phenols is 1. The number of rotatable bonds is 4. The number of hydrogen-bond acceptors (Lipinski definition) is 3. The molecule has 0 saturated carbocycles. The average Bonchev–Trinajstić information content (AvgIpc) is 2.21. The fourth-order valence-corrected chi connectivity index (χ4v) is 1.62. The maximum atomic E-state index is 9.75. The van der Waals surface area contributed by atoms with Crippen molar-refractivity contribution in [3.63, 3.8) is 0 Å². The summed E-state index contributed by atoms with van der Waals surface area (Å²) in [4.78, 5) is 0. The quantitative estimate of drug-likeness (QED) is 0.763. The first-order chi connectivity index (χ1) is 7.06. The van der Waals surface area contributed by atoms with Gasteiger partial charge in [0.2, 0.25) is 0 Å². The van der Waals surface area contributed by atoms with Crippen LogP contribution in [0.1, 0.15) is 36.9 Å². The SMILES string of the molecule is CCC[C@H](O)[C@H](N)c1cc(C)ccc1O.Cl. The molecule has 0 heterocycles. The predicted molar refractivity (Wildman–Crippen MR) is 67.9 cm³/mol. The van der Waals surface area contributed by atoms with Crippen LogP contribution in [0.4, 0.5) is 0 Å². The van der Waals surface area contributed by atoms with Gasteiger partial charge in [0.25, 0.3) is 0 Å². The summed E-state index contributed by atoms with van der Waals surface area (Å²) in [6.07, 6.45) is 0.929. The van der Waals surface area contributed by atoms with Gasteiger partial charge in [-0.2, -0.15) is 0 Å². The number of aromatic hydroxyl groups is 1. The molecule has 3 nitrogen and oxygen atoms in total. The van der Waals surface area contributed by atoms with Gasteiger partial charge in [-0.15, -0.1) is 12.4 Å². The topological polar surface area (TPSA) is 66.5 Å². The Balaban J connectivity index is 0.00000225. The molecule has 0 aliphatic heterocycles. The van der Waals surface area contributed by atoms with Crippen LogP contribution in [0.2, 0.25) is 0 Å². The van der Waals surface area contributed by atoms with E-state index >= 15 is 0 Å². The molecule has 1 aromatic rings. The summed E-state index contributed by atoms with van der Waals surface area (Å²) in [7, 11) is 0. The Morgan fingerprint density at radius 3 is 2.56 bits per heavy atom. The van der Waals surface area contributed by atoms with E-state index in [0.717, 1.165) is 12.0 Å². The Bertz CT molecular complexity index is 331. The maximum absolute atomic E-state index is 9.75. The first-order valence-electron chi connectivity index (χ1n) is 5.29. The Kier molecular flexibility index (Phi) is 6.41. The van der Waals surface area contributed by atoms with E-state index in [2.05, 4.69) is 0 Å². The number of aliphatic hydroxyl groups is 1. The van der Waals surface area contributed by atoms with Crippen LogP contribution in [0, 0.1) is 6.92 Å². The molecule has 0 spiro atoms. The molecule has 1 aromatic carbocycles. The van der Waals surface area contributed by atoms with Crippen LogP contribution in [0.5, 0.6) is 5.75 Å². The van der Waals surface area contributed by atoms with Crippen molar-refractivity contribution >= 4 is 12.4 Å². The molecule has 1 rings (SSSR count). The highest BCUT2D eigenvalue weighted by atomic mass is 35.5. The van der Waals surface area contributed by atoms with Crippen molar-refractivity contribution in [2.24, 2.45) is 5.73 Å². The standard InChI is InChI=1S/C12H19NO2.ClH/c1-3-4-11(15)12(13)9-7-8(2)5-6-10(9)14;/h5-7,11-12,14-15H,3-4,13H2,1-2H3;1H/t11-,12+;/m0./s1. The normalized spacial score (nSPS) is 14.0. The summed E-state index contributed by atoms with van der Waals surface area (Å²) >= 11 is 0. The van der Waals surface area contributed by atoms with Crippen LogP contribution < -0.4 is 5.73 Å². The fraction of sp³-hybridized carbons (Fsp3) is 0.500. The van der Waals surface area contributed by atoms with E-state index in [1.165, 1.54) is 0 Å². The molecule has 2 atom stereocenters. The zero-order valence-electron chi connectivity index (χ0n) is 9.68. The first-order valence-corrected chi connectivity index (χ1v) is 5.29. The summed E-state index contributed by atoms with van der Waals surface area (Å²) in [5.74, 6) is 0.156. The van der Waals surface area contributed by atoms with E-state index in [-0.39, 0.29) is 18.2 Å². The van der Waals surface area contributed by atoms with E-state index in [4.69, 9.17) is 5.73 Å². The van der Waals surface area contributed by atoms with Gasteiger partial charge in [-0.3, -0.25) is 0 Å². The highest BCUT2D eigenvalue weighted by molar-refractivity contribution is 5.85. The van der Waals surface area contributed by atoms with E-state index in [0.29, 0.717) is 12.0 Å². The van der Waals surface area contributed by atoms with Crippen molar-refractivity contribution in [1.82, 2.24) is 0 Å². The van der Waals surface area contributed by atoms with Gasteiger partial charge < -0.3 is 15.9 Å². The number of hydrogen-bond donors (Lipinski definition) is 3. The molecule has 16 heavy (non-hydrogen) atoms. The Hall–Kier alpha value is -0.770. The van der Waals surface area contributed by atoms with Crippen LogP contribution >= 0.6 is 12.4 Å². The molecule has 0 amide bonds. The van der Waals surface area contributed by atoms with Gasteiger partial charge in [0.05, 0.1) is 12.1 Å². The fourth-order valence-electron chi connectivity index (χ4n) is 1.62.